The van der Waals surface area contributed by atoms with E-state index in [9.17, 15) is 14.0 Å². The summed E-state index contributed by atoms with van der Waals surface area (Å²) in [6.07, 6.45) is -0.259. The lowest BCUT2D eigenvalue weighted by atomic mass is 10.3. The summed E-state index contributed by atoms with van der Waals surface area (Å²) in [5, 5.41) is 1.87. The third kappa shape index (κ3) is 4.22. The Morgan fingerprint density at radius 3 is 2.52 bits per heavy atom. The summed E-state index contributed by atoms with van der Waals surface area (Å²) >= 11 is 5.67. The number of benzene rings is 1. The first-order chi connectivity index (χ1) is 9.92. The van der Waals surface area contributed by atoms with E-state index >= 15 is 0 Å². The molecular weight excluding hydrogens is 301 g/mol. The number of amides is 3. The van der Waals surface area contributed by atoms with Gasteiger partial charge in [-0.15, -0.1) is 0 Å². The van der Waals surface area contributed by atoms with Crippen molar-refractivity contribution < 1.29 is 18.7 Å². The monoisotopic (exact) mass is 317 g/mol. The molecule has 3 amide bonds. The molecule has 1 aromatic carbocycles. The largest absolute Gasteiger partial charge is 0.448 e. The highest BCUT2D eigenvalue weighted by Gasteiger charge is 2.28. The van der Waals surface area contributed by atoms with Crippen molar-refractivity contribution >= 4 is 29.4 Å². The van der Waals surface area contributed by atoms with Gasteiger partial charge in [0.2, 0.25) is 0 Å². The SMILES string of the molecule is CCCN(C(=O)OCC)N(C(N)=O)c1ccc(Cl)cc1F. The van der Waals surface area contributed by atoms with Gasteiger partial charge >= 0.3 is 12.1 Å². The van der Waals surface area contributed by atoms with Crippen LogP contribution in [0, 0.1) is 5.82 Å². The molecule has 1 rings (SSSR count). The Hall–Kier alpha value is -2.02. The topological polar surface area (TPSA) is 75.9 Å². The minimum atomic E-state index is -1.00. The molecular formula is C13H17ClFN3O3. The van der Waals surface area contributed by atoms with Crippen LogP contribution in [0.25, 0.3) is 0 Å². The average molecular weight is 318 g/mol. The molecule has 0 saturated heterocycles. The molecule has 0 unspecified atom stereocenters. The van der Waals surface area contributed by atoms with Gasteiger partial charge < -0.3 is 10.5 Å². The Morgan fingerprint density at radius 2 is 2.05 bits per heavy atom. The number of nitrogens with zero attached hydrogens (tertiary/aromatic N) is 2. The maximum atomic E-state index is 14.0. The van der Waals surface area contributed by atoms with Crippen molar-refractivity contribution in [2.24, 2.45) is 5.73 Å². The molecule has 0 atom stereocenters. The number of nitrogens with two attached hydrogens (primary N) is 1. The van der Waals surface area contributed by atoms with Gasteiger partial charge in [-0.1, -0.05) is 18.5 Å². The lowest BCUT2D eigenvalue weighted by Gasteiger charge is -2.32. The fourth-order valence-corrected chi connectivity index (χ4v) is 1.86. The fourth-order valence-electron chi connectivity index (χ4n) is 1.70. The Bertz CT molecular complexity index is 527. The summed E-state index contributed by atoms with van der Waals surface area (Å²) in [7, 11) is 0. The second-order valence-electron chi connectivity index (χ2n) is 4.07. The third-order valence-electron chi connectivity index (χ3n) is 2.50. The van der Waals surface area contributed by atoms with Crippen LogP contribution in [0.3, 0.4) is 0 Å². The van der Waals surface area contributed by atoms with Crippen LogP contribution in [0.15, 0.2) is 18.2 Å². The minimum Gasteiger partial charge on any atom is -0.448 e. The van der Waals surface area contributed by atoms with Crippen LogP contribution < -0.4 is 10.7 Å². The molecule has 0 aliphatic heterocycles. The maximum absolute atomic E-state index is 14.0. The minimum absolute atomic E-state index is 0.120. The number of hydrogen-bond donors (Lipinski definition) is 1. The average Bonchev–Trinajstić information content (AvgIpc) is 2.40. The van der Waals surface area contributed by atoms with E-state index in [0.717, 1.165) is 16.1 Å². The number of urea groups is 1. The van der Waals surface area contributed by atoms with Crippen LogP contribution in [0.4, 0.5) is 19.7 Å². The summed E-state index contributed by atoms with van der Waals surface area (Å²) in [6, 6.07) is 2.69. The van der Waals surface area contributed by atoms with E-state index in [2.05, 4.69) is 0 Å². The number of primary amides is 1. The van der Waals surface area contributed by atoms with Gasteiger partial charge in [-0.2, -0.15) is 5.01 Å². The van der Waals surface area contributed by atoms with E-state index in [-0.39, 0.29) is 23.9 Å². The Kier molecular flexibility index (Phi) is 6.23. The van der Waals surface area contributed by atoms with Crippen molar-refractivity contribution in [3.05, 3.63) is 29.0 Å². The molecule has 0 aliphatic carbocycles. The van der Waals surface area contributed by atoms with Crippen LogP contribution in [-0.2, 0) is 4.74 Å². The van der Waals surface area contributed by atoms with Gasteiger partial charge in [-0.25, -0.2) is 19.0 Å². The quantitative estimate of drug-likeness (QED) is 0.867. The normalized spacial score (nSPS) is 10.1. The summed E-state index contributed by atoms with van der Waals surface area (Å²) < 4.78 is 18.9. The molecule has 0 radical (unpaired) electrons. The van der Waals surface area contributed by atoms with E-state index in [1.54, 1.807) is 13.8 Å². The van der Waals surface area contributed by atoms with Crippen molar-refractivity contribution in [1.29, 1.82) is 0 Å². The van der Waals surface area contributed by atoms with Crippen molar-refractivity contribution in [3.63, 3.8) is 0 Å². The number of carbonyl (C=O) groups excluding carboxylic acids is 2. The number of halogens is 2. The van der Waals surface area contributed by atoms with Crippen LogP contribution in [-0.4, -0.2) is 30.3 Å². The molecule has 0 heterocycles. The highest BCUT2D eigenvalue weighted by atomic mass is 35.5. The zero-order valence-corrected chi connectivity index (χ0v) is 12.6. The van der Waals surface area contributed by atoms with Gasteiger partial charge in [-0.05, 0) is 31.5 Å². The first kappa shape index (κ1) is 17.0. The van der Waals surface area contributed by atoms with Gasteiger partial charge in [-0.3, -0.25) is 0 Å². The highest BCUT2D eigenvalue weighted by molar-refractivity contribution is 6.30. The summed E-state index contributed by atoms with van der Waals surface area (Å²) in [6.45, 7) is 3.68. The van der Waals surface area contributed by atoms with E-state index in [0.29, 0.717) is 6.42 Å². The number of rotatable bonds is 4. The molecule has 0 aliphatic rings. The smallest absolute Gasteiger partial charge is 0.429 e. The molecule has 0 bridgehead atoms. The standard InChI is InChI=1S/C13H17ClFN3O3/c1-3-7-17(13(20)21-4-2)18(12(16)19)11-6-5-9(14)8-10(11)15/h5-6,8H,3-4,7H2,1-2H3,(H2,16,19). The summed E-state index contributed by atoms with van der Waals surface area (Å²) in [5.74, 6) is -0.772. The van der Waals surface area contributed by atoms with E-state index < -0.39 is 17.9 Å². The molecule has 0 fully saturated rings. The zero-order chi connectivity index (χ0) is 16.0. The molecule has 2 N–H and O–H groups in total. The molecule has 116 valence electrons. The lowest BCUT2D eigenvalue weighted by molar-refractivity contribution is 0.104. The van der Waals surface area contributed by atoms with Gasteiger partial charge in [0.15, 0.2) is 0 Å². The summed E-state index contributed by atoms with van der Waals surface area (Å²) in [4.78, 5) is 23.6. The van der Waals surface area contributed by atoms with E-state index in [1.165, 1.54) is 12.1 Å². The molecule has 0 saturated carbocycles. The van der Waals surface area contributed by atoms with Gasteiger partial charge in [0.25, 0.3) is 0 Å². The van der Waals surface area contributed by atoms with Crippen molar-refractivity contribution in [2.75, 3.05) is 18.2 Å². The van der Waals surface area contributed by atoms with Crippen molar-refractivity contribution in [3.8, 4) is 0 Å². The second kappa shape index (κ2) is 7.68. The number of carbonyl (C=O) groups is 2. The Labute approximate surface area is 127 Å². The Morgan fingerprint density at radius 1 is 1.38 bits per heavy atom. The first-order valence-corrected chi connectivity index (χ1v) is 6.78. The molecule has 1 aromatic rings. The molecule has 0 aromatic heterocycles. The fraction of sp³-hybridized carbons (Fsp3) is 0.385. The Balaban J connectivity index is 3.24. The predicted octanol–water partition coefficient (Wildman–Crippen LogP) is 3.15. The number of ether oxygens (including phenoxy) is 1. The van der Waals surface area contributed by atoms with Gasteiger partial charge in [0, 0.05) is 11.6 Å². The van der Waals surface area contributed by atoms with Gasteiger partial charge in [0.1, 0.15) is 11.5 Å². The second-order valence-corrected chi connectivity index (χ2v) is 4.50. The highest BCUT2D eigenvalue weighted by Crippen LogP contribution is 2.24. The number of anilines is 1. The predicted molar refractivity (Wildman–Crippen MR) is 77.5 cm³/mol. The van der Waals surface area contributed by atoms with Crippen LogP contribution in [0.5, 0.6) is 0 Å². The van der Waals surface area contributed by atoms with Crippen LogP contribution in [0.1, 0.15) is 20.3 Å². The summed E-state index contributed by atoms with van der Waals surface area (Å²) in [5.41, 5.74) is 5.11. The zero-order valence-electron chi connectivity index (χ0n) is 11.8. The first-order valence-electron chi connectivity index (χ1n) is 6.41. The van der Waals surface area contributed by atoms with Crippen LogP contribution in [0.2, 0.25) is 5.02 Å². The van der Waals surface area contributed by atoms with E-state index in [1.807, 2.05) is 0 Å². The van der Waals surface area contributed by atoms with Crippen LogP contribution >= 0.6 is 11.6 Å². The van der Waals surface area contributed by atoms with Gasteiger partial charge in [0.05, 0.1) is 6.61 Å². The van der Waals surface area contributed by atoms with Crippen molar-refractivity contribution in [1.82, 2.24) is 5.01 Å². The number of hydrogen-bond acceptors (Lipinski definition) is 3. The molecule has 0 spiro atoms. The number of hydrazine groups is 1. The lowest BCUT2D eigenvalue weighted by Crippen LogP contribution is -2.53. The maximum Gasteiger partial charge on any atom is 0.429 e. The molecule has 6 nitrogen and oxygen atoms in total. The molecule has 8 heteroatoms. The van der Waals surface area contributed by atoms with E-state index in [4.69, 9.17) is 22.1 Å². The third-order valence-corrected chi connectivity index (χ3v) is 2.74. The molecule has 21 heavy (non-hydrogen) atoms. The van der Waals surface area contributed by atoms with Crippen molar-refractivity contribution in [2.45, 2.75) is 20.3 Å².